The molecule has 358 valence electrons. The molecule has 0 saturated heterocycles. The number of para-hydroxylation sites is 6. The van der Waals surface area contributed by atoms with E-state index in [-0.39, 0.29) is 12.3 Å². The molecule has 17 rings (SSSR count). The highest BCUT2D eigenvalue weighted by molar-refractivity contribution is 8.27. The van der Waals surface area contributed by atoms with E-state index in [4.69, 9.17) is 9.31 Å². The fraction of sp³-hybridized carbons (Fsp3) is 0. The molecule has 0 aliphatic carbocycles. The Balaban J connectivity index is 1.05. The van der Waals surface area contributed by atoms with E-state index in [9.17, 15) is 0 Å². The van der Waals surface area contributed by atoms with Crippen molar-refractivity contribution >= 4 is 116 Å². The van der Waals surface area contributed by atoms with Crippen molar-refractivity contribution in [3.63, 3.8) is 0 Å². The monoisotopic (exact) mass is 1020 g/mol. The molecule has 6 aliphatic heterocycles. The molecule has 6 heterocycles. The number of hydrogen-bond acceptors (Lipinski definition) is 8. The van der Waals surface area contributed by atoms with Crippen LogP contribution in [-0.4, -0.2) is 19.4 Å². The summed E-state index contributed by atoms with van der Waals surface area (Å²) in [7, 11) is -0.843. The Morgan fingerprint density at radius 2 is 0.662 bits per heavy atom. The lowest BCUT2D eigenvalue weighted by Gasteiger charge is -2.50. The standard InChI is InChI=1S/C66H41B3N4O2S2/c1-7-23-42(24-8-1)70(43-25-9-2-10-26-43)54-39-50-48-35-19-21-37-56(48)76-67-62(50)60-58-52(72(67)46-31-15-5-16-32-46)41-53-59-61-63-51(49-36-20-22-38-57(49)77-68(63)73(53)47-33-17-6-18-34-47)40-55(66(61)75-69(64(58)59)74-65(54)60)71(44-27-11-3-12-28-44)45-29-13-4-14-30-45/h1-41H. The summed E-state index contributed by atoms with van der Waals surface area (Å²) in [6.07, 6.45) is -0.268. The lowest BCUT2D eigenvalue weighted by atomic mass is 9.55. The molecular weight excluding hydrogens is 977 g/mol. The molecule has 11 aromatic rings. The van der Waals surface area contributed by atoms with Gasteiger partial charge in [-0.15, -0.1) is 23.2 Å². The Bertz CT molecular complexity index is 3880. The first-order valence-electron chi connectivity index (χ1n) is 26.2. The van der Waals surface area contributed by atoms with E-state index in [0.29, 0.717) is 0 Å². The van der Waals surface area contributed by atoms with Gasteiger partial charge in [-0.05, 0) is 136 Å². The Kier molecular flexibility index (Phi) is 9.47. The first-order valence-corrected chi connectivity index (χ1v) is 28.0. The van der Waals surface area contributed by atoms with Crippen molar-refractivity contribution in [3.8, 4) is 56.0 Å². The largest absolute Gasteiger partial charge is 0.634 e. The third-order valence-electron chi connectivity index (χ3n) is 16.0. The highest BCUT2D eigenvalue weighted by Gasteiger charge is 2.57. The number of rotatable bonds is 8. The Morgan fingerprint density at radius 3 is 1.04 bits per heavy atom. The number of benzene rings is 11. The summed E-state index contributed by atoms with van der Waals surface area (Å²) >= 11 is 3.85. The maximum atomic E-state index is 7.95. The van der Waals surface area contributed by atoms with Gasteiger partial charge in [0.15, 0.2) is 0 Å². The fourth-order valence-corrected chi connectivity index (χ4v) is 15.8. The minimum absolute atomic E-state index is 0.134. The summed E-state index contributed by atoms with van der Waals surface area (Å²) in [6, 6.07) is 90.2. The summed E-state index contributed by atoms with van der Waals surface area (Å²) in [5, 5.41) is 0. The predicted molar refractivity (Wildman–Crippen MR) is 324 cm³/mol. The topological polar surface area (TPSA) is 31.4 Å². The summed E-state index contributed by atoms with van der Waals surface area (Å²) in [5.41, 5.74) is 23.5. The van der Waals surface area contributed by atoms with Crippen molar-refractivity contribution < 1.29 is 9.31 Å². The molecule has 0 N–H and O–H groups in total. The van der Waals surface area contributed by atoms with Gasteiger partial charge in [0.25, 0.3) is 0 Å². The van der Waals surface area contributed by atoms with E-state index in [1.807, 2.05) is 23.2 Å². The van der Waals surface area contributed by atoms with Gasteiger partial charge in [0, 0.05) is 83.0 Å². The zero-order chi connectivity index (χ0) is 50.3. The van der Waals surface area contributed by atoms with Gasteiger partial charge in [-0.3, -0.25) is 0 Å². The third-order valence-corrected chi connectivity index (χ3v) is 18.6. The van der Waals surface area contributed by atoms with E-state index in [1.165, 1.54) is 43.0 Å². The van der Waals surface area contributed by atoms with Gasteiger partial charge in [-0.25, -0.2) is 0 Å². The average Bonchev–Trinajstić information content (AvgIpc) is 3.66. The van der Waals surface area contributed by atoms with Crippen LogP contribution in [0.25, 0.3) is 44.5 Å². The normalized spacial score (nSPS) is 13.9. The molecule has 0 saturated carbocycles. The van der Waals surface area contributed by atoms with Crippen LogP contribution in [0.2, 0.25) is 0 Å². The fourth-order valence-electron chi connectivity index (χ4n) is 13.0. The number of anilines is 10. The van der Waals surface area contributed by atoms with Gasteiger partial charge in [-0.2, -0.15) is 0 Å². The van der Waals surface area contributed by atoms with Crippen LogP contribution in [0.15, 0.2) is 259 Å². The average molecular weight is 1020 g/mol. The van der Waals surface area contributed by atoms with E-state index in [2.05, 4.69) is 268 Å². The van der Waals surface area contributed by atoms with E-state index >= 15 is 0 Å². The molecule has 0 amide bonds. The first-order chi connectivity index (χ1) is 38.2. The zero-order valence-corrected chi connectivity index (χ0v) is 43.0. The zero-order valence-electron chi connectivity index (χ0n) is 41.3. The minimum Gasteiger partial charge on any atom is -0.520 e. The van der Waals surface area contributed by atoms with Gasteiger partial charge in [-0.1, -0.05) is 146 Å². The Morgan fingerprint density at radius 1 is 0.325 bits per heavy atom. The number of hydrogen-bond donors (Lipinski definition) is 0. The molecule has 6 nitrogen and oxygen atoms in total. The molecule has 0 spiro atoms. The molecular formula is C66H41B3N4O2S2. The van der Waals surface area contributed by atoms with Crippen LogP contribution in [0, 0.1) is 0 Å². The molecule has 11 heteroatoms. The summed E-state index contributed by atoms with van der Waals surface area (Å²) in [5.74, 6) is 1.61. The molecule has 0 unspecified atom stereocenters. The highest BCUT2D eigenvalue weighted by Crippen LogP contribution is 2.63. The van der Waals surface area contributed by atoms with Crippen molar-refractivity contribution in [2.75, 3.05) is 19.4 Å². The number of fused-ring (bicyclic) bond motifs is 4. The molecule has 0 fully saturated rings. The highest BCUT2D eigenvalue weighted by atomic mass is 32.2. The van der Waals surface area contributed by atoms with Crippen molar-refractivity contribution in [1.29, 1.82) is 0 Å². The first kappa shape index (κ1) is 43.4. The van der Waals surface area contributed by atoms with Gasteiger partial charge < -0.3 is 28.7 Å². The van der Waals surface area contributed by atoms with Gasteiger partial charge in [0.1, 0.15) is 11.5 Å². The second-order valence-corrected chi connectivity index (χ2v) is 22.4. The van der Waals surface area contributed by atoms with Gasteiger partial charge in [0.2, 0.25) is 0 Å². The molecule has 0 aromatic heterocycles. The minimum atomic E-state index is -0.843. The van der Waals surface area contributed by atoms with Gasteiger partial charge >= 0.3 is 19.4 Å². The smallest absolute Gasteiger partial charge is 0.520 e. The van der Waals surface area contributed by atoms with E-state index in [0.717, 1.165) is 96.1 Å². The molecule has 77 heavy (non-hydrogen) atoms. The van der Waals surface area contributed by atoms with Crippen LogP contribution in [0.1, 0.15) is 0 Å². The second-order valence-electron chi connectivity index (χ2n) is 20.1. The second kappa shape index (κ2) is 16.8. The van der Waals surface area contributed by atoms with Crippen molar-refractivity contribution in [3.05, 3.63) is 249 Å². The third kappa shape index (κ3) is 6.27. The Hall–Kier alpha value is -8.89. The van der Waals surface area contributed by atoms with Crippen LogP contribution in [0.3, 0.4) is 0 Å². The van der Waals surface area contributed by atoms with Crippen molar-refractivity contribution in [1.82, 2.24) is 0 Å². The van der Waals surface area contributed by atoms with Gasteiger partial charge in [0.05, 0.1) is 11.4 Å². The van der Waals surface area contributed by atoms with Crippen LogP contribution in [0.4, 0.5) is 56.9 Å². The van der Waals surface area contributed by atoms with Crippen molar-refractivity contribution in [2.45, 2.75) is 9.79 Å². The lowest BCUT2D eigenvalue weighted by molar-refractivity contribution is 0.437. The molecule has 11 aromatic carbocycles. The quantitative estimate of drug-likeness (QED) is 0.139. The summed E-state index contributed by atoms with van der Waals surface area (Å²) in [6.45, 7) is 0. The molecule has 6 aliphatic rings. The summed E-state index contributed by atoms with van der Waals surface area (Å²) < 4.78 is 15.9. The van der Waals surface area contributed by atoms with Crippen LogP contribution >= 0.6 is 23.2 Å². The molecule has 0 radical (unpaired) electrons. The van der Waals surface area contributed by atoms with Crippen LogP contribution < -0.4 is 45.1 Å². The van der Waals surface area contributed by atoms with Crippen LogP contribution in [-0.2, 0) is 0 Å². The SMILES string of the molecule is c1ccc(N2B3Sc4ccccc4-c4cc(N(c5ccccc5)c5ccccc5)c5c(c43)-c3c2cc2c4c3B(O5)Oc3c(N(c5ccccc5)c5ccccc5)cc5c(c3-4)B(Sc3ccccc3-5)N2c2ccccc2)cc1. The predicted octanol–water partition coefficient (Wildman–Crippen LogP) is 15.7. The maximum Gasteiger partial charge on any atom is 0.634 e. The summed E-state index contributed by atoms with van der Waals surface area (Å²) in [4.78, 5) is 12.5. The lowest BCUT2D eigenvalue weighted by Crippen LogP contribution is -2.59. The van der Waals surface area contributed by atoms with E-state index in [1.54, 1.807) is 0 Å². The molecule has 0 atom stereocenters. The number of nitrogens with zero attached hydrogens (tertiary/aromatic N) is 4. The maximum absolute atomic E-state index is 7.95. The molecule has 0 bridgehead atoms. The van der Waals surface area contributed by atoms with Crippen molar-refractivity contribution in [2.24, 2.45) is 0 Å². The van der Waals surface area contributed by atoms with Crippen LogP contribution in [0.5, 0.6) is 11.5 Å². The Labute approximate surface area is 456 Å². The van der Waals surface area contributed by atoms with E-state index < -0.39 is 7.12 Å².